The molecule has 0 spiro atoms. The Hall–Kier alpha value is -2.06. The van der Waals surface area contributed by atoms with Gasteiger partial charge < -0.3 is 19.3 Å². The van der Waals surface area contributed by atoms with Crippen LogP contribution >= 0.6 is 0 Å². The van der Waals surface area contributed by atoms with Crippen LogP contribution in [0.15, 0.2) is 16.9 Å². The van der Waals surface area contributed by atoms with E-state index in [2.05, 4.69) is 25.4 Å². The lowest BCUT2D eigenvalue weighted by Crippen LogP contribution is -2.33. The summed E-state index contributed by atoms with van der Waals surface area (Å²) < 4.78 is 16.2. The lowest BCUT2D eigenvalue weighted by Gasteiger charge is -2.24. The molecule has 118 valence electrons. The summed E-state index contributed by atoms with van der Waals surface area (Å²) in [5.41, 5.74) is 0.671. The van der Waals surface area contributed by atoms with Crippen molar-refractivity contribution in [2.24, 2.45) is 0 Å². The predicted octanol–water partition coefficient (Wildman–Crippen LogP) is 1.36. The van der Waals surface area contributed by atoms with Crippen LogP contribution in [-0.2, 0) is 4.74 Å². The number of ether oxygens (including phenoxy) is 2. The summed E-state index contributed by atoms with van der Waals surface area (Å²) >= 11 is 0. The van der Waals surface area contributed by atoms with Gasteiger partial charge in [0.25, 0.3) is 5.89 Å². The largest absolute Gasteiger partial charge is 0.467 e. The maximum Gasteiger partial charge on any atom is 0.316 e. The van der Waals surface area contributed by atoms with Crippen molar-refractivity contribution in [1.82, 2.24) is 25.4 Å². The molecule has 8 heteroatoms. The third-order valence-electron chi connectivity index (χ3n) is 3.54. The Kier molecular flexibility index (Phi) is 4.59. The maximum absolute atomic E-state index is 5.98. The van der Waals surface area contributed by atoms with Gasteiger partial charge in [0.1, 0.15) is 6.10 Å². The Morgan fingerprint density at radius 3 is 2.68 bits per heavy atom. The van der Waals surface area contributed by atoms with E-state index in [4.69, 9.17) is 14.0 Å². The van der Waals surface area contributed by atoms with Gasteiger partial charge in [-0.2, -0.15) is 4.98 Å². The highest BCUT2D eigenvalue weighted by Crippen LogP contribution is 2.23. The molecule has 0 aromatic carbocycles. The molecule has 1 atom stereocenters. The predicted molar refractivity (Wildman–Crippen MR) is 77.3 cm³/mol. The summed E-state index contributed by atoms with van der Waals surface area (Å²) in [6, 6.07) is 0.301. The highest BCUT2D eigenvalue weighted by atomic mass is 16.5. The van der Waals surface area contributed by atoms with E-state index in [1.54, 1.807) is 12.4 Å². The minimum Gasteiger partial charge on any atom is -0.467 e. The number of hydrogen-bond acceptors (Lipinski definition) is 8. The van der Waals surface area contributed by atoms with Crippen molar-refractivity contribution in [2.45, 2.75) is 32.0 Å². The first-order valence-electron chi connectivity index (χ1n) is 7.32. The van der Waals surface area contributed by atoms with Crippen LogP contribution in [0.5, 0.6) is 6.01 Å². The van der Waals surface area contributed by atoms with Crippen molar-refractivity contribution in [3.05, 3.63) is 18.3 Å². The molecular formula is C14H19N5O3. The Labute approximate surface area is 128 Å². The number of methoxy groups -OCH3 is 1. The molecule has 22 heavy (non-hydrogen) atoms. The molecular weight excluding hydrogens is 286 g/mol. The fourth-order valence-electron chi connectivity index (χ4n) is 2.33. The zero-order valence-electron chi connectivity index (χ0n) is 12.7. The average Bonchev–Trinajstić information content (AvgIpc) is 3.06. The second kappa shape index (κ2) is 6.80. The van der Waals surface area contributed by atoms with E-state index in [9.17, 15) is 0 Å². The monoisotopic (exact) mass is 305 g/mol. The molecule has 1 aliphatic rings. The van der Waals surface area contributed by atoms with Gasteiger partial charge in [-0.05, 0) is 32.9 Å². The second-order valence-corrected chi connectivity index (χ2v) is 5.14. The van der Waals surface area contributed by atoms with Gasteiger partial charge >= 0.3 is 6.01 Å². The van der Waals surface area contributed by atoms with Crippen molar-refractivity contribution in [2.75, 3.05) is 20.2 Å². The minimum atomic E-state index is -0.233. The van der Waals surface area contributed by atoms with E-state index in [1.165, 1.54) is 7.11 Å². The zero-order chi connectivity index (χ0) is 15.4. The van der Waals surface area contributed by atoms with Crippen LogP contribution in [0, 0.1) is 0 Å². The SMILES string of the molecule is COc1ncc(-c2noc([C@@H](C)OC3CCNCC3)n2)cn1. The molecule has 2 aromatic rings. The minimum absolute atomic E-state index is 0.232. The van der Waals surface area contributed by atoms with Crippen molar-refractivity contribution < 1.29 is 14.0 Å². The molecule has 1 fully saturated rings. The number of rotatable bonds is 5. The second-order valence-electron chi connectivity index (χ2n) is 5.14. The van der Waals surface area contributed by atoms with Crippen LogP contribution in [0.2, 0.25) is 0 Å². The van der Waals surface area contributed by atoms with Gasteiger partial charge in [-0.1, -0.05) is 5.16 Å². The van der Waals surface area contributed by atoms with Gasteiger partial charge in [-0.15, -0.1) is 0 Å². The summed E-state index contributed by atoms with van der Waals surface area (Å²) in [6.07, 6.45) is 5.19. The van der Waals surface area contributed by atoms with E-state index in [0.29, 0.717) is 23.3 Å². The molecule has 3 heterocycles. The number of piperidine rings is 1. The van der Waals surface area contributed by atoms with Gasteiger partial charge in [-0.3, -0.25) is 0 Å². The first-order chi connectivity index (χ1) is 10.8. The molecule has 0 amide bonds. The normalized spacial score (nSPS) is 17.4. The van der Waals surface area contributed by atoms with E-state index >= 15 is 0 Å². The lowest BCUT2D eigenvalue weighted by atomic mass is 10.1. The van der Waals surface area contributed by atoms with Crippen molar-refractivity contribution in [1.29, 1.82) is 0 Å². The van der Waals surface area contributed by atoms with Crippen molar-refractivity contribution >= 4 is 0 Å². The fraction of sp³-hybridized carbons (Fsp3) is 0.571. The quantitative estimate of drug-likeness (QED) is 0.885. The summed E-state index contributed by atoms with van der Waals surface area (Å²) in [4.78, 5) is 12.4. The van der Waals surface area contributed by atoms with Crippen LogP contribution in [0.4, 0.5) is 0 Å². The summed E-state index contributed by atoms with van der Waals surface area (Å²) in [5, 5.41) is 7.26. The Morgan fingerprint density at radius 2 is 2.00 bits per heavy atom. The average molecular weight is 305 g/mol. The highest BCUT2D eigenvalue weighted by molar-refractivity contribution is 5.50. The lowest BCUT2D eigenvalue weighted by molar-refractivity contribution is -0.0326. The standard InChI is InChI=1S/C14H19N5O3/c1-9(21-11-3-5-15-6-4-11)13-18-12(19-22-13)10-7-16-14(20-2)17-8-10/h7-9,11,15H,3-6H2,1-2H3/t9-/m1/s1. The zero-order valence-corrected chi connectivity index (χ0v) is 12.7. The smallest absolute Gasteiger partial charge is 0.316 e. The van der Waals surface area contributed by atoms with E-state index in [-0.39, 0.29) is 12.2 Å². The van der Waals surface area contributed by atoms with Gasteiger partial charge in [-0.25, -0.2) is 9.97 Å². The van der Waals surface area contributed by atoms with Crippen LogP contribution in [0.25, 0.3) is 11.4 Å². The van der Waals surface area contributed by atoms with Crippen molar-refractivity contribution in [3.8, 4) is 17.4 Å². The molecule has 2 aromatic heterocycles. The molecule has 0 saturated carbocycles. The Bertz CT molecular complexity index is 595. The third-order valence-corrected chi connectivity index (χ3v) is 3.54. The molecule has 0 unspecified atom stereocenters. The fourth-order valence-corrected chi connectivity index (χ4v) is 2.33. The molecule has 0 radical (unpaired) electrons. The van der Waals surface area contributed by atoms with Crippen LogP contribution < -0.4 is 10.1 Å². The van der Waals surface area contributed by atoms with E-state index < -0.39 is 0 Å². The first-order valence-corrected chi connectivity index (χ1v) is 7.32. The van der Waals surface area contributed by atoms with Crippen molar-refractivity contribution in [3.63, 3.8) is 0 Å². The number of hydrogen-bond donors (Lipinski definition) is 1. The number of nitrogens with one attached hydrogen (secondary N) is 1. The van der Waals surface area contributed by atoms with Crippen LogP contribution in [0.1, 0.15) is 31.8 Å². The molecule has 0 bridgehead atoms. The van der Waals surface area contributed by atoms with Crippen LogP contribution in [0.3, 0.4) is 0 Å². The number of nitrogens with zero attached hydrogens (tertiary/aromatic N) is 4. The van der Waals surface area contributed by atoms with Gasteiger partial charge in [0, 0.05) is 12.4 Å². The summed E-state index contributed by atoms with van der Waals surface area (Å²) in [6.45, 7) is 3.88. The van der Waals surface area contributed by atoms with Gasteiger partial charge in [0.2, 0.25) is 5.82 Å². The van der Waals surface area contributed by atoms with E-state index in [1.807, 2.05) is 6.92 Å². The van der Waals surface area contributed by atoms with Gasteiger partial charge in [0.15, 0.2) is 0 Å². The third kappa shape index (κ3) is 3.40. The molecule has 8 nitrogen and oxygen atoms in total. The topological polar surface area (TPSA) is 95.2 Å². The van der Waals surface area contributed by atoms with Gasteiger partial charge in [0.05, 0.1) is 18.8 Å². The highest BCUT2D eigenvalue weighted by Gasteiger charge is 2.21. The summed E-state index contributed by atoms with van der Waals surface area (Å²) in [7, 11) is 1.52. The summed E-state index contributed by atoms with van der Waals surface area (Å²) in [5.74, 6) is 0.905. The molecule has 1 aliphatic heterocycles. The Morgan fingerprint density at radius 1 is 1.27 bits per heavy atom. The molecule has 3 rings (SSSR count). The molecule has 1 N–H and O–H groups in total. The molecule has 1 saturated heterocycles. The number of aromatic nitrogens is 4. The first kappa shape index (κ1) is 14.9. The Balaban J connectivity index is 1.66. The molecule has 0 aliphatic carbocycles. The van der Waals surface area contributed by atoms with E-state index in [0.717, 1.165) is 25.9 Å². The van der Waals surface area contributed by atoms with Crippen LogP contribution in [-0.4, -0.2) is 46.4 Å². The maximum atomic E-state index is 5.98.